The smallest absolute Gasteiger partial charge is 0.293 e. The predicted molar refractivity (Wildman–Crippen MR) is 73.0 cm³/mol. The molecular formula is C13H23N5O. The van der Waals surface area contributed by atoms with Crippen molar-refractivity contribution < 1.29 is 4.79 Å². The second-order valence-electron chi connectivity index (χ2n) is 4.95. The van der Waals surface area contributed by atoms with Crippen LogP contribution in [-0.4, -0.2) is 51.7 Å². The lowest BCUT2D eigenvalue weighted by Gasteiger charge is -2.29. The molecule has 0 radical (unpaired) electrons. The lowest BCUT2D eigenvalue weighted by atomic mass is 10.0. The first-order chi connectivity index (χ1) is 9.24. The van der Waals surface area contributed by atoms with Crippen molar-refractivity contribution in [2.75, 3.05) is 19.6 Å². The molecular weight excluding hydrogens is 242 g/mol. The van der Waals surface area contributed by atoms with E-state index >= 15 is 0 Å². The average molecular weight is 265 g/mol. The van der Waals surface area contributed by atoms with Crippen LogP contribution in [0.2, 0.25) is 0 Å². The molecule has 0 spiro atoms. The molecule has 0 aromatic carbocycles. The highest BCUT2D eigenvalue weighted by molar-refractivity contribution is 5.90. The lowest BCUT2D eigenvalue weighted by Crippen LogP contribution is -2.46. The summed E-state index contributed by atoms with van der Waals surface area (Å²) in [6.45, 7) is 6.46. The number of carbonyl (C=O) groups is 1. The second-order valence-corrected chi connectivity index (χ2v) is 4.95. The molecule has 19 heavy (non-hydrogen) atoms. The standard InChI is InChI=1S/C13H23N5O/c1-3-11-15-12(17-16-11)13(19)18(4-2)9-10-7-5-6-8-14-10/h10,14H,3-9H2,1-2H3,(H,15,16,17). The molecule has 6 heteroatoms. The summed E-state index contributed by atoms with van der Waals surface area (Å²) < 4.78 is 0. The van der Waals surface area contributed by atoms with E-state index in [4.69, 9.17) is 0 Å². The normalized spacial score (nSPS) is 19.4. The van der Waals surface area contributed by atoms with Gasteiger partial charge in [0.25, 0.3) is 5.91 Å². The Morgan fingerprint density at radius 3 is 2.84 bits per heavy atom. The summed E-state index contributed by atoms with van der Waals surface area (Å²) in [5, 5.41) is 10.3. The largest absolute Gasteiger partial charge is 0.335 e. The van der Waals surface area contributed by atoms with Crippen LogP contribution in [0.4, 0.5) is 0 Å². The third kappa shape index (κ3) is 3.53. The molecule has 1 aromatic rings. The van der Waals surface area contributed by atoms with Crippen LogP contribution in [0, 0.1) is 0 Å². The van der Waals surface area contributed by atoms with Gasteiger partial charge in [-0.3, -0.25) is 9.89 Å². The number of piperidine rings is 1. The summed E-state index contributed by atoms with van der Waals surface area (Å²) in [5.74, 6) is 0.968. The van der Waals surface area contributed by atoms with E-state index in [1.54, 1.807) is 0 Å². The first-order valence-corrected chi connectivity index (χ1v) is 7.18. The molecule has 1 amide bonds. The maximum atomic E-state index is 12.3. The molecule has 106 valence electrons. The van der Waals surface area contributed by atoms with Gasteiger partial charge in [0.1, 0.15) is 5.82 Å². The van der Waals surface area contributed by atoms with Crippen LogP contribution >= 0.6 is 0 Å². The first kappa shape index (κ1) is 14.0. The number of rotatable bonds is 5. The van der Waals surface area contributed by atoms with Crippen molar-refractivity contribution in [2.24, 2.45) is 0 Å². The molecule has 1 fully saturated rings. The number of amides is 1. The topological polar surface area (TPSA) is 73.9 Å². The number of nitrogens with one attached hydrogen (secondary N) is 2. The maximum Gasteiger partial charge on any atom is 0.293 e. The van der Waals surface area contributed by atoms with Crippen LogP contribution in [-0.2, 0) is 6.42 Å². The molecule has 1 aromatic heterocycles. The van der Waals surface area contributed by atoms with Gasteiger partial charge in [0.15, 0.2) is 0 Å². The quantitative estimate of drug-likeness (QED) is 0.832. The molecule has 1 aliphatic heterocycles. The van der Waals surface area contributed by atoms with E-state index < -0.39 is 0 Å². The van der Waals surface area contributed by atoms with Crippen LogP contribution in [0.15, 0.2) is 0 Å². The van der Waals surface area contributed by atoms with E-state index in [0.29, 0.717) is 12.6 Å². The van der Waals surface area contributed by atoms with Gasteiger partial charge in [-0.15, -0.1) is 5.10 Å². The van der Waals surface area contributed by atoms with Gasteiger partial charge in [-0.1, -0.05) is 13.3 Å². The minimum absolute atomic E-state index is 0.0779. The van der Waals surface area contributed by atoms with Gasteiger partial charge in [0, 0.05) is 25.6 Å². The van der Waals surface area contributed by atoms with Crippen LogP contribution in [0.5, 0.6) is 0 Å². The zero-order valence-electron chi connectivity index (χ0n) is 11.8. The predicted octanol–water partition coefficient (Wildman–Crippen LogP) is 0.971. The minimum atomic E-state index is -0.0779. The van der Waals surface area contributed by atoms with Crippen molar-refractivity contribution in [3.05, 3.63) is 11.6 Å². The summed E-state index contributed by atoms with van der Waals surface area (Å²) in [5.41, 5.74) is 0. The Hall–Kier alpha value is -1.43. The van der Waals surface area contributed by atoms with E-state index in [-0.39, 0.29) is 11.7 Å². The van der Waals surface area contributed by atoms with Crippen LogP contribution in [0.25, 0.3) is 0 Å². The van der Waals surface area contributed by atoms with E-state index in [1.165, 1.54) is 12.8 Å². The Balaban J connectivity index is 1.97. The number of aromatic amines is 1. The van der Waals surface area contributed by atoms with Crippen molar-refractivity contribution in [3.8, 4) is 0 Å². The van der Waals surface area contributed by atoms with Crippen molar-refractivity contribution in [3.63, 3.8) is 0 Å². The van der Waals surface area contributed by atoms with Gasteiger partial charge in [-0.25, -0.2) is 4.98 Å². The number of carbonyl (C=O) groups excluding carboxylic acids is 1. The Morgan fingerprint density at radius 1 is 1.42 bits per heavy atom. The molecule has 2 rings (SSSR count). The highest BCUT2D eigenvalue weighted by atomic mass is 16.2. The molecule has 6 nitrogen and oxygen atoms in total. The van der Waals surface area contributed by atoms with E-state index in [1.807, 2.05) is 18.7 Å². The zero-order chi connectivity index (χ0) is 13.7. The lowest BCUT2D eigenvalue weighted by molar-refractivity contribution is 0.0729. The molecule has 2 N–H and O–H groups in total. The average Bonchev–Trinajstić information content (AvgIpc) is 2.94. The van der Waals surface area contributed by atoms with Gasteiger partial charge >= 0.3 is 0 Å². The highest BCUT2D eigenvalue weighted by Crippen LogP contribution is 2.10. The number of aryl methyl sites for hydroxylation is 1. The third-order valence-corrected chi connectivity index (χ3v) is 3.58. The fourth-order valence-corrected chi connectivity index (χ4v) is 2.39. The first-order valence-electron chi connectivity index (χ1n) is 7.18. The van der Waals surface area contributed by atoms with Crippen molar-refractivity contribution in [2.45, 2.75) is 45.6 Å². The van der Waals surface area contributed by atoms with Crippen molar-refractivity contribution >= 4 is 5.91 Å². The maximum absolute atomic E-state index is 12.3. The molecule has 1 atom stereocenters. The van der Waals surface area contributed by atoms with Gasteiger partial charge < -0.3 is 10.2 Å². The zero-order valence-corrected chi connectivity index (χ0v) is 11.8. The number of nitrogens with zero attached hydrogens (tertiary/aromatic N) is 3. The van der Waals surface area contributed by atoms with Gasteiger partial charge in [0.05, 0.1) is 0 Å². The van der Waals surface area contributed by atoms with E-state index in [0.717, 1.165) is 31.8 Å². The van der Waals surface area contributed by atoms with Gasteiger partial charge in [-0.2, -0.15) is 0 Å². The van der Waals surface area contributed by atoms with Gasteiger partial charge in [0.2, 0.25) is 5.82 Å². The van der Waals surface area contributed by atoms with Gasteiger partial charge in [-0.05, 0) is 26.3 Å². The third-order valence-electron chi connectivity index (χ3n) is 3.58. The molecule has 1 unspecified atom stereocenters. The fourth-order valence-electron chi connectivity index (χ4n) is 2.39. The summed E-state index contributed by atoms with van der Waals surface area (Å²) in [6.07, 6.45) is 4.37. The van der Waals surface area contributed by atoms with E-state index in [2.05, 4.69) is 20.5 Å². The summed E-state index contributed by atoms with van der Waals surface area (Å²) in [4.78, 5) is 18.4. The van der Waals surface area contributed by atoms with Crippen LogP contribution in [0.1, 0.15) is 49.6 Å². The second kappa shape index (κ2) is 6.65. The molecule has 0 bridgehead atoms. The monoisotopic (exact) mass is 265 g/mol. The number of hydrogen-bond donors (Lipinski definition) is 2. The Kier molecular flexibility index (Phi) is 4.90. The highest BCUT2D eigenvalue weighted by Gasteiger charge is 2.23. The molecule has 0 aliphatic carbocycles. The SMILES string of the molecule is CCc1nc(C(=O)N(CC)CC2CCCCN2)n[nH]1. The van der Waals surface area contributed by atoms with E-state index in [9.17, 15) is 4.79 Å². The fraction of sp³-hybridized carbons (Fsp3) is 0.769. The number of H-pyrrole nitrogens is 1. The number of hydrogen-bond acceptors (Lipinski definition) is 4. The molecule has 1 saturated heterocycles. The van der Waals surface area contributed by atoms with Crippen molar-refractivity contribution in [1.29, 1.82) is 0 Å². The van der Waals surface area contributed by atoms with Crippen LogP contribution in [0.3, 0.4) is 0 Å². The Morgan fingerprint density at radius 2 is 2.26 bits per heavy atom. The summed E-state index contributed by atoms with van der Waals surface area (Å²) in [6, 6.07) is 0.405. The van der Waals surface area contributed by atoms with Crippen LogP contribution < -0.4 is 5.32 Å². The number of aromatic nitrogens is 3. The molecule has 1 aliphatic rings. The number of likely N-dealkylation sites (N-methyl/N-ethyl adjacent to an activating group) is 1. The molecule has 0 saturated carbocycles. The van der Waals surface area contributed by atoms with Crippen molar-refractivity contribution in [1.82, 2.24) is 25.4 Å². The minimum Gasteiger partial charge on any atom is -0.335 e. The summed E-state index contributed by atoms with van der Waals surface area (Å²) >= 11 is 0. The Labute approximate surface area is 114 Å². The summed E-state index contributed by atoms with van der Waals surface area (Å²) in [7, 11) is 0. The molecule has 2 heterocycles. The Bertz CT molecular complexity index is 411.